The van der Waals surface area contributed by atoms with Crippen LogP contribution in [0.4, 0.5) is 0 Å². The van der Waals surface area contributed by atoms with Crippen molar-refractivity contribution in [3.8, 4) is 0 Å². The van der Waals surface area contributed by atoms with E-state index in [0.717, 1.165) is 16.7 Å². The topological polar surface area (TPSA) is 73.6 Å². The lowest BCUT2D eigenvalue weighted by molar-refractivity contribution is -0.0944. The van der Waals surface area contributed by atoms with Crippen molar-refractivity contribution in [1.82, 2.24) is 9.55 Å². The molecule has 1 saturated heterocycles. The third kappa shape index (κ3) is 4.75. The maximum atomic E-state index is 12.5. The number of aliphatic hydroxyl groups is 1. The average Bonchev–Trinajstić information content (AvgIpc) is 3.30. The summed E-state index contributed by atoms with van der Waals surface area (Å²) in [6.07, 6.45) is 1.81. The largest absolute Gasteiger partial charge is 0.390 e. The molecule has 2 heterocycles. The second kappa shape index (κ2) is 10.8. The molecule has 4 aromatic rings. The Kier molecular flexibility index (Phi) is 7.34. The lowest BCUT2D eigenvalue weighted by atomic mass is 9.80. The molecular formula is C29H28N2O4S. The number of nitrogens with zero attached hydrogens (tertiary/aromatic N) is 2. The minimum absolute atomic E-state index is 0.126. The quantitative estimate of drug-likeness (QED) is 0.216. The van der Waals surface area contributed by atoms with Crippen LogP contribution in [-0.2, 0) is 15.1 Å². The van der Waals surface area contributed by atoms with E-state index in [1.54, 1.807) is 12.3 Å². The molecular weight excluding hydrogens is 472 g/mol. The molecule has 1 aliphatic heterocycles. The Morgan fingerprint density at radius 2 is 1.47 bits per heavy atom. The highest BCUT2D eigenvalue weighted by Crippen LogP contribution is 2.41. The van der Waals surface area contributed by atoms with Crippen LogP contribution in [0.1, 0.15) is 29.3 Å². The van der Waals surface area contributed by atoms with E-state index in [2.05, 4.69) is 4.98 Å². The van der Waals surface area contributed by atoms with Crippen LogP contribution in [0.2, 0.25) is 0 Å². The lowest BCUT2D eigenvalue weighted by Crippen LogP contribution is -2.38. The molecule has 0 aliphatic carbocycles. The molecule has 0 saturated carbocycles. The van der Waals surface area contributed by atoms with Crippen LogP contribution < -0.4 is 5.69 Å². The molecule has 36 heavy (non-hydrogen) atoms. The van der Waals surface area contributed by atoms with E-state index in [1.807, 2.05) is 97.3 Å². The third-order valence-electron chi connectivity index (χ3n) is 6.53. The van der Waals surface area contributed by atoms with E-state index >= 15 is 0 Å². The summed E-state index contributed by atoms with van der Waals surface area (Å²) < 4.78 is 14.4. The van der Waals surface area contributed by atoms with Gasteiger partial charge in [-0.2, -0.15) is 4.98 Å². The van der Waals surface area contributed by atoms with Gasteiger partial charge in [0.2, 0.25) is 0 Å². The first-order valence-corrected chi connectivity index (χ1v) is 13.1. The zero-order valence-corrected chi connectivity index (χ0v) is 20.8. The first-order chi connectivity index (χ1) is 17.6. The number of ether oxygens (including phenoxy) is 2. The monoisotopic (exact) mass is 500 g/mol. The second-order valence-electron chi connectivity index (χ2n) is 8.68. The maximum Gasteiger partial charge on any atom is 0.350 e. The Balaban J connectivity index is 1.48. The Bertz CT molecular complexity index is 1240. The highest BCUT2D eigenvalue weighted by Gasteiger charge is 2.41. The van der Waals surface area contributed by atoms with Gasteiger partial charge < -0.3 is 14.6 Å². The Morgan fingerprint density at radius 1 is 0.944 bits per heavy atom. The summed E-state index contributed by atoms with van der Waals surface area (Å²) in [5.74, 6) is 0. The zero-order chi connectivity index (χ0) is 25.0. The van der Waals surface area contributed by atoms with Crippen molar-refractivity contribution in [2.45, 2.75) is 35.5 Å². The maximum absolute atomic E-state index is 12.5. The molecule has 7 heteroatoms. The van der Waals surface area contributed by atoms with E-state index in [1.165, 1.54) is 16.3 Å². The van der Waals surface area contributed by atoms with Gasteiger partial charge in [-0.1, -0.05) is 91.0 Å². The van der Waals surface area contributed by atoms with Gasteiger partial charge in [0.15, 0.2) is 0 Å². The fourth-order valence-corrected chi connectivity index (χ4v) is 5.11. The minimum Gasteiger partial charge on any atom is -0.390 e. The van der Waals surface area contributed by atoms with Crippen LogP contribution in [0.25, 0.3) is 0 Å². The summed E-state index contributed by atoms with van der Waals surface area (Å²) in [4.78, 5) is 16.6. The molecule has 0 spiro atoms. The number of aromatic nitrogens is 2. The van der Waals surface area contributed by atoms with Crippen LogP contribution >= 0.6 is 11.8 Å². The van der Waals surface area contributed by atoms with Crippen molar-refractivity contribution in [2.75, 3.05) is 12.9 Å². The number of rotatable bonds is 8. The van der Waals surface area contributed by atoms with Gasteiger partial charge in [-0.15, -0.1) is 11.8 Å². The van der Waals surface area contributed by atoms with Crippen molar-refractivity contribution in [2.24, 2.45) is 0 Å². The summed E-state index contributed by atoms with van der Waals surface area (Å²) in [5, 5.41) is 11.5. The molecule has 1 aliphatic rings. The molecule has 1 fully saturated rings. The number of benzene rings is 3. The fraction of sp³-hybridized carbons (Fsp3) is 0.241. The van der Waals surface area contributed by atoms with Crippen molar-refractivity contribution < 1.29 is 14.6 Å². The van der Waals surface area contributed by atoms with Gasteiger partial charge in [0.25, 0.3) is 0 Å². The fourth-order valence-electron chi connectivity index (χ4n) is 4.74. The molecule has 0 bridgehead atoms. The summed E-state index contributed by atoms with van der Waals surface area (Å²) in [5.41, 5.74) is 1.61. The average molecular weight is 501 g/mol. The molecule has 5 rings (SSSR count). The summed E-state index contributed by atoms with van der Waals surface area (Å²) >= 11 is 1.41. The first kappa shape index (κ1) is 24.5. The van der Waals surface area contributed by atoms with E-state index in [4.69, 9.17) is 9.47 Å². The molecule has 184 valence electrons. The summed E-state index contributed by atoms with van der Waals surface area (Å²) in [7, 11) is 0. The van der Waals surface area contributed by atoms with Crippen molar-refractivity contribution in [1.29, 1.82) is 0 Å². The van der Waals surface area contributed by atoms with Gasteiger partial charge >= 0.3 is 5.69 Å². The summed E-state index contributed by atoms with van der Waals surface area (Å²) in [6, 6.07) is 32.0. The van der Waals surface area contributed by atoms with Gasteiger partial charge in [-0.25, -0.2) is 4.79 Å². The summed E-state index contributed by atoms with van der Waals surface area (Å²) in [6.45, 7) is 0.126. The van der Waals surface area contributed by atoms with Crippen molar-refractivity contribution >= 4 is 11.8 Å². The molecule has 0 unspecified atom stereocenters. The molecule has 1 aromatic heterocycles. The molecule has 3 aromatic carbocycles. The predicted octanol–water partition coefficient (Wildman–Crippen LogP) is 4.62. The molecule has 6 nitrogen and oxygen atoms in total. The molecule has 0 radical (unpaired) electrons. The van der Waals surface area contributed by atoms with Gasteiger partial charge in [0, 0.05) is 12.6 Å². The van der Waals surface area contributed by atoms with Gasteiger partial charge in [0.1, 0.15) is 23.0 Å². The Hall–Kier alpha value is -3.23. The van der Waals surface area contributed by atoms with Crippen LogP contribution in [-0.4, -0.2) is 39.7 Å². The minimum atomic E-state index is -0.913. The molecule has 0 amide bonds. The lowest BCUT2D eigenvalue weighted by Gasteiger charge is -2.37. The number of aliphatic hydroxyl groups excluding tert-OH is 1. The highest BCUT2D eigenvalue weighted by molar-refractivity contribution is 7.98. The molecule has 3 atom stereocenters. The second-order valence-corrected chi connectivity index (χ2v) is 9.51. The van der Waals surface area contributed by atoms with Crippen molar-refractivity contribution in [3.05, 3.63) is 130 Å². The van der Waals surface area contributed by atoms with E-state index < -0.39 is 29.7 Å². The highest BCUT2D eigenvalue weighted by atomic mass is 32.2. The SMILES string of the molecule is CSc1ccn([C@H]2C[C@H](O)[C@@H](COC(c3ccccc3)(c3ccccc3)c3ccccc3)O2)c(=O)n1. The normalized spacial score (nSPS) is 19.9. The van der Waals surface area contributed by atoms with Gasteiger partial charge in [-0.05, 0) is 29.0 Å². The first-order valence-electron chi connectivity index (χ1n) is 11.9. The van der Waals surface area contributed by atoms with Crippen LogP contribution in [0.15, 0.2) is 113 Å². The number of thioether (sulfide) groups is 1. The van der Waals surface area contributed by atoms with E-state index in [9.17, 15) is 9.90 Å². The smallest absolute Gasteiger partial charge is 0.350 e. The zero-order valence-electron chi connectivity index (χ0n) is 19.9. The van der Waals surface area contributed by atoms with Gasteiger partial charge in [0.05, 0.1) is 12.7 Å². The van der Waals surface area contributed by atoms with Gasteiger partial charge in [-0.3, -0.25) is 4.57 Å². The third-order valence-corrected chi connectivity index (χ3v) is 7.18. The van der Waals surface area contributed by atoms with Crippen LogP contribution in [0.3, 0.4) is 0 Å². The number of hydrogen-bond acceptors (Lipinski definition) is 6. The van der Waals surface area contributed by atoms with Crippen LogP contribution in [0.5, 0.6) is 0 Å². The molecule has 1 N–H and O–H groups in total. The van der Waals surface area contributed by atoms with Crippen molar-refractivity contribution in [3.63, 3.8) is 0 Å². The van der Waals surface area contributed by atoms with Crippen LogP contribution in [0, 0.1) is 0 Å². The Labute approximate surface area is 214 Å². The van der Waals surface area contributed by atoms with E-state index in [-0.39, 0.29) is 13.0 Å². The number of hydrogen-bond donors (Lipinski definition) is 1. The van der Waals surface area contributed by atoms with E-state index in [0.29, 0.717) is 5.03 Å². The Morgan fingerprint density at radius 3 is 1.94 bits per heavy atom. The standard InChI is InChI=1S/C29H28N2O4S/c1-36-26-17-18-31(28(33)30-26)27-19-24(32)25(35-27)20-34-29(21-11-5-2-6-12-21,22-13-7-3-8-14-22)23-15-9-4-10-16-23/h2-18,24-25,27,32H,19-20H2,1H3/t24-,25+,27+/m0/s1. The predicted molar refractivity (Wildman–Crippen MR) is 140 cm³/mol.